The summed E-state index contributed by atoms with van der Waals surface area (Å²) in [5.41, 5.74) is 0.642. The third-order valence-corrected chi connectivity index (χ3v) is 4.38. The molecule has 1 fully saturated rings. The second kappa shape index (κ2) is 7.15. The lowest BCUT2D eigenvalue weighted by Crippen LogP contribution is -2.50. The molecule has 0 atom stereocenters. The van der Waals surface area contributed by atoms with Crippen molar-refractivity contribution in [3.05, 3.63) is 57.7 Å². The molecule has 2 aromatic rings. The number of carbonyl (C=O) groups excluding carboxylic acids is 1. The monoisotopic (exact) mass is 406 g/mol. The number of carbonyl (C=O) groups is 1. The quantitative estimate of drug-likeness (QED) is 0.786. The lowest BCUT2D eigenvalue weighted by molar-refractivity contribution is -0.131. The van der Waals surface area contributed by atoms with E-state index in [9.17, 15) is 18.8 Å². The molecule has 25 heavy (non-hydrogen) atoms. The molecule has 128 valence electrons. The van der Waals surface area contributed by atoms with Crippen LogP contribution in [0.15, 0.2) is 34.9 Å². The molecule has 0 aliphatic carbocycles. The van der Waals surface area contributed by atoms with Gasteiger partial charge in [0.25, 0.3) is 0 Å². The first kappa shape index (κ1) is 17.3. The van der Waals surface area contributed by atoms with Gasteiger partial charge in [-0.05, 0) is 28.1 Å². The molecule has 3 rings (SSSR count). The van der Waals surface area contributed by atoms with Crippen LogP contribution in [-0.2, 0) is 11.3 Å². The SMILES string of the molecule is N#Cc1cc(Br)cnc1N1CCN(Cc2ccc(F)cc2F)C(=O)C1. The minimum absolute atomic E-state index is 0.0477. The maximum Gasteiger partial charge on any atom is 0.242 e. The highest BCUT2D eigenvalue weighted by Gasteiger charge is 2.27. The van der Waals surface area contributed by atoms with Gasteiger partial charge in [-0.1, -0.05) is 6.07 Å². The van der Waals surface area contributed by atoms with Crippen molar-refractivity contribution in [3.8, 4) is 6.07 Å². The highest BCUT2D eigenvalue weighted by Crippen LogP contribution is 2.23. The molecule has 0 radical (unpaired) electrons. The Balaban J connectivity index is 1.73. The Morgan fingerprint density at radius 3 is 2.76 bits per heavy atom. The Labute approximate surface area is 151 Å². The first-order chi connectivity index (χ1) is 12.0. The van der Waals surface area contributed by atoms with Crippen LogP contribution < -0.4 is 4.90 Å². The maximum atomic E-state index is 13.8. The minimum atomic E-state index is -0.670. The zero-order chi connectivity index (χ0) is 18.0. The van der Waals surface area contributed by atoms with Crippen LogP contribution in [0.3, 0.4) is 0 Å². The lowest BCUT2D eigenvalue weighted by atomic mass is 10.1. The fraction of sp³-hybridized carbons (Fsp3) is 0.235. The predicted molar refractivity (Wildman–Crippen MR) is 90.6 cm³/mol. The molecule has 0 spiro atoms. The van der Waals surface area contributed by atoms with E-state index in [1.165, 1.54) is 17.0 Å². The molecule has 2 heterocycles. The zero-order valence-electron chi connectivity index (χ0n) is 13.0. The second-order valence-corrected chi connectivity index (χ2v) is 6.52. The number of rotatable bonds is 3. The summed E-state index contributed by atoms with van der Waals surface area (Å²) in [6.45, 7) is 0.958. The Morgan fingerprint density at radius 2 is 2.08 bits per heavy atom. The summed E-state index contributed by atoms with van der Waals surface area (Å²) in [5, 5.41) is 9.23. The summed E-state index contributed by atoms with van der Waals surface area (Å²) in [6.07, 6.45) is 1.57. The number of nitrogens with zero attached hydrogens (tertiary/aromatic N) is 4. The van der Waals surface area contributed by atoms with Crippen molar-refractivity contribution in [1.29, 1.82) is 5.26 Å². The summed E-state index contributed by atoms with van der Waals surface area (Å²) in [5.74, 6) is -1.07. The number of nitriles is 1. The summed E-state index contributed by atoms with van der Waals surface area (Å²) >= 11 is 3.26. The van der Waals surface area contributed by atoms with E-state index >= 15 is 0 Å². The van der Waals surface area contributed by atoms with Crippen molar-refractivity contribution in [3.63, 3.8) is 0 Å². The highest BCUT2D eigenvalue weighted by molar-refractivity contribution is 9.10. The van der Waals surface area contributed by atoms with E-state index in [-0.39, 0.29) is 24.6 Å². The number of halogens is 3. The average Bonchev–Trinajstić information content (AvgIpc) is 2.58. The van der Waals surface area contributed by atoms with E-state index in [0.29, 0.717) is 28.9 Å². The Kier molecular flexibility index (Phi) is 4.95. The molecule has 1 amide bonds. The van der Waals surface area contributed by atoms with Gasteiger partial charge >= 0.3 is 0 Å². The maximum absolute atomic E-state index is 13.8. The standard InChI is InChI=1S/C17H13BrF2N4O/c18-13-5-12(7-21)17(22-8-13)24-4-3-23(16(25)10-24)9-11-1-2-14(19)6-15(11)20/h1-2,5-6,8H,3-4,9-10H2. The van der Waals surface area contributed by atoms with Crippen LogP contribution in [0.2, 0.25) is 0 Å². The summed E-state index contributed by atoms with van der Waals surface area (Å²) in [6, 6.07) is 7.03. The van der Waals surface area contributed by atoms with Gasteiger partial charge in [0.2, 0.25) is 5.91 Å². The smallest absolute Gasteiger partial charge is 0.242 e. The van der Waals surface area contributed by atoms with Gasteiger partial charge in [-0.25, -0.2) is 13.8 Å². The summed E-state index contributed by atoms with van der Waals surface area (Å²) in [4.78, 5) is 19.9. The number of amides is 1. The van der Waals surface area contributed by atoms with E-state index in [4.69, 9.17) is 0 Å². The highest BCUT2D eigenvalue weighted by atomic mass is 79.9. The molecule has 0 N–H and O–H groups in total. The Hall–Kier alpha value is -2.53. The molecule has 0 saturated carbocycles. The first-order valence-corrected chi connectivity index (χ1v) is 8.29. The number of piperazine rings is 1. The van der Waals surface area contributed by atoms with E-state index in [2.05, 4.69) is 27.0 Å². The average molecular weight is 407 g/mol. The van der Waals surface area contributed by atoms with Gasteiger partial charge in [-0.15, -0.1) is 0 Å². The van der Waals surface area contributed by atoms with Crippen molar-refractivity contribution in [1.82, 2.24) is 9.88 Å². The van der Waals surface area contributed by atoms with Crippen molar-refractivity contribution in [2.75, 3.05) is 24.5 Å². The molecule has 0 unspecified atom stereocenters. The fourth-order valence-electron chi connectivity index (χ4n) is 2.68. The molecule has 5 nitrogen and oxygen atoms in total. The minimum Gasteiger partial charge on any atom is -0.344 e. The van der Waals surface area contributed by atoms with Crippen LogP contribution in [0.1, 0.15) is 11.1 Å². The molecule has 1 aliphatic heterocycles. The van der Waals surface area contributed by atoms with Crippen molar-refractivity contribution in [2.24, 2.45) is 0 Å². The number of hydrogen-bond acceptors (Lipinski definition) is 4. The van der Waals surface area contributed by atoms with Crippen LogP contribution in [0.5, 0.6) is 0 Å². The summed E-state index contributed by atoms with van der Waals surface area (Å²) < 4.78 is 27.4. The molecule has 1 aromatic carbocycles. The third-order valence-electron chi connectivity index (χ3n) is 3.95. The van der Waals surface area contributed by atoms with E-state index < -0.39 is 11.6 Å². The van der Waals surface area contributed by atoms with Crippen LogP contribution >= 0.6 is 15.9 Å². The van der Waals surface area contributed by atoms with Gasteiger partial charge in [-0.3, -0.25) is 4.79 Å². The predicted octanol–water partition coefficient (Wildman–Crippen LogP) is 2.84. The van der Waals surface area contributed by atoms with E-state index in [0.717, 1.165) is 6.07 Å². The number of benzene rings is 1. The summed E-state index contributed by atoms with van der Waals surface area (Å²) in [7, 11) is 0. The molecule has 1 aliphatic rings. The lowest BCUT2D eigenvalue weighted by Gasteiger charge is -2.35. The van der Waals surface area contributed by atoms with Crippen LogP contribution in [0, 0.1) is 23.0 Å². The van der Waals surface area contributed by atoms with Gasteiger partial charge in [0.15, 0.2) is 0 Å². The molecule has 0 bridgehead atoms. The van der Waals surface area contributed by atoms with Gasteiger partial charge in [0.05, 0.1) is 12.1 Å². The zero-order valence-corrected chi connectivity index (χ0v) is 14.6. The molecule has 1 saturated heterocycles. The Bertz CT molecular complexity index is 868. The Morgan fingerprint density at radius 1 is 1.28 bits per heavy atom. The topological polar surface area (TPSA) is 60.2 Å². The number of hydrogen-bond donors (Lipinski definition) is 0. The van der Waals surface area contributed by atoms with Crippen molar-refractivity contribution in [2.45, 2.75) is 6.54 Å². The molecule has 8 heteroatoms. The normalized spacial score (nSPS) is 14.6. The van der Waals surface area contributed by atoms with Crippen LogP contribution in [0.25, 0.3) is 0 Å². The van der Waals surface area contributed by atoms with Crippen LogP contribution in [0.4, 0.5) is 14.6 Å². The third kappa shape index (κ3) is 3.77. The number of pyridine rings is 1. The largest absolute Gasteiger partial charge is 0.344 e. The van der Waals surface area contributed by atoms with E-state index in [1.807, 2.05) is 0 Å². The first-order valence-electron chi connectivity index (χ1n) is 7.50. The fourth-order valence-corrected chi connectivity index (χ4v) is 3.01. The van der Waals surface area contributed by atoms with Gasteiger partial charge in [-0.2, -0.15) is 5.26 Å². The molecular formula is C17H13BrF2N4O. The van der Waals surface area contributed by atoms with Gasteiger partial charge in [0, 0.05) is 41.9 Å². The number of anilines is 1. The van der Waals surface area contributed by atoms with E-state index in [1.54, 1.807) is 17.2 Å². The molecule has 1 aromatic heterocycles. The second-order valence-electron chi connectivity index (χ2n) is 5.61. The van der Waals surface area contributed by atoms with Crippen LogP contribution in [-0.4, -0.2) is 35.4 Å². The van der Waals surface area contributed by atoms with Gasteiger partial charge < -0.3 is 9.80 Å². The van der Waals surface area contributed by atoms with Crippen molar-refractivity contribution < 1.29 is 13.6 Å². The molecular weight excluding hydrogens is 394 g/mol. The van der Waals surface area contributed by atoms with Gasteiger partial charge in [0.1, 0.15) is 23.5 Å². The number of aromatic nitrogens is 1. The van der Waals surface area contributed by atoms with Crippen molar-refractivity contribution >= 4 is 27.7 Å².